The topological polar surface area (TPSA) is 103 Å². The zero-order valence-corrected chi connectivity index (χ0v) is 22.6. The summed E-state index contributed by atoms with van der Waals surface area (Å²) in [6, 6.07) is 15.7. The Kier molecular flexibility index (Phi) is 7.67. The van der Waals surface area contributed by atoms with Gasteiger partial charge in [-0.3, -0.25) is 19.3 Å². The zero-order chi connectivity index (χ0) is 27.5. The van der Waals surface area contributed by atoms with Crippen molar-refractivity contribution in [1.82, 2.24) is 4.90 Å². The minimum absolute atomic E-state index is 0.00184. The first kappa shape index (κ1) is 26.5. The van der Waals surface area contributed by atoms with Crippen molar-refractivity contribution < 1.29 is 33.3 Å². The molecule has 200 valence electrons. The number of methoxy groups -OCH3 is 1. The zero-order valence-electron chi connectivity index (χ0n) is 21.0. The van der Waals surface area contributed by atoms with Gasteiger partial charge in [-0.1, -0.05) is 35.9 Å². The first-order valence-electron chi connectivity index (χ1n) is 11.8. The van der Waals surface area contributed by atoms with Gasteiger partial charge < -0.3 is 24.3 Å². The number of benzene rings is 3. The number of para-hydroxylation sites is 1. The number of anilines is 1. The molecule has 0 atom stereocenters. The number of thioether (sulfide) groups is 1. The monoisotopic (exact) mass is 566 g/mol. The van der Waals surface area contributed by atoms with Crippen molar-refractivity contribution in [1.29, 1.82) is 0 Å². The summed E-state index contributed by atoms with van der Waals surface area (Å²) in [6.45, 7) is 1.77. The molecule has 0 bridgehead atoms. The first-order chi connectivity index (χ1) is 18.8. The van der Waals surface area contributed by atoms with Crippen molar-refractivity contribution in [2.24, 2.45) is 0 Å². The summed E-state index contributed by atoms with van der Waals surface area (Å²) < 4.78 is 21.8. The third-order valence-corrected chi connectivity index (χ3v) is 7.27. The number of rotatable bonds is 8. The number of amides is 3. The molecule has 1 N–H and O–H groups in total. The van der Waals surface area contributed by atoms with Crippen molar-refractivity contribution in [3.05, 3.63) is 81.2 Å². The molecule has 2 aliphatic heterocycles. The van der Waals surface area contributed by atoms with Crippen molar-refractivity contribution in [3.63, 3.8) is 0 Å². The van der Waals surface area contributed by atoms with Gasteiger partial charge in [0.2, 0.25) is 6.79 Å². The molecule has 0 saturated carbocycles. The number of nitrogens with one attached hydrogen (secondary N) is 1. The minimum atomic E-state index is -0.439. The van der Waals surface area contributed by atoms with Gasteiger partial charge in [0, 0.05) is 16.8 Å². The Morgan fingerprint density at radius 2 is 1.87 bits per heavy atom. The molecule has 0 aliphatic carbocycles. The predicted molar refractivity (Wildman–Crippen MR) is 147 cm³/mol. The van der Waals surface area contributed by atoms with Gasteiger partial charge in [-0.15, -0.1) is 0 Å². The van der Waals surface area contributed by atoms with Crippen LogP contribution in [-0.4, -0.2) is 42.5 Å². The maximum absolute atomic E-state index is 13.1. The molecule has 5 rings (SSSR count). The number of carbonyl (C=O) groups excluding carboxylic acids is 3. The molecule has 0 aromatic heterocycles. The summed E-state index contributed by atoms with van der Waals surface area (Å²) in [7, 11) is 1.47. The molecule has 3 aromatic carbocycles. The standard InChI is InChI=1S/C28H23ClN2O7S/c1-16-5-3-4-6-20(16)30-26(32)14-36-21-8-7-17(9-22(21)35-2)10-25-27(33)31(28(34)39-25)13-18-11-23-24(12-19(18)29)38-15-37-23/h3-12H,13-15H2,1-2H3,(H,30,32)/b25-10-. The number of imide groups is 1. The van der Waals surface area contributed by atoms with Crippen molar-refractivity contribution in [3.8, 4) is 23.0 Å². The molecule has 2 heterocycles. The molecular formula is C28H23ClN2O7S. The number of nitrogens with zero attached hydrogens (tertiary/aromatic N) is 1. The molecule has 0 unspecified atom stereocenters. The van der Waals surface area contributed by atoms with Crippen LogP contribution < -0.4 is 24.3 Å². The van der Waals surface area contributed by atoms with Gasteiger partial charge in [0.1, 0.15) is 0 Å². The Morgan fingerprint density at radius 3 is 2.64 bits per heavy atom. The summed E-state index contributed by atoms with van der Waals surface area (Å²) in [5.41, 5.74) is 2.84. The number of hydrogen-bond donors (Lipinski definition) is 1. The molecule has 1 fully saturated rings. The number of halogens is 1. The second kappa shape index (κ2) is 11.3. The van der Waals surface area contributed by atoms with E-state index in [1.165, 1.54) is 7.11 Å². The highest BCUT2D eigenvalue weighted by molar-refractivity contribution is 8.18. The fourth-order valence-corrected chi connectivity index (χ4v) is 5.03. The lowest BCUT2D eigenvalue weighted by atomic mass is 10.1. The Labute approximate surface area is 233 Å². The lowest BCUT2D eigenvalue weighted by Crippen LogP contribution is -2.27. The summed E-state index contributed by atoms with van der Waals surface area (Å²) in [4.78, 5) is 39.5. The number of aryl methyl sites for hydroxylation is 1. The second-order valence-corrected chi connectivity index (χ2v) is 10.0. The van der Waals surface area contributed by atoms with E-state index in [1.807, 2.05) is 31.2 Å². The average Bonchev–Trinajstić information content (AvgIpc) is 3.48. The van der Waals surface area contributed by atoms with Crippen LogP contribution in [-0.2, 0) is 16.1 Å². The molecule has 11 heteroatoms. The van der Waals surface area contributed by atoms with E-state index in [0.717, 1.165) is 22.2 Å². The van der Waals surface area contributed by atoms with Crippen LogP contribution in [0.3, 0.4) is 0 Å². The minimum Gasteiger partial charge on any atom is -0.493 e. The highest BCUT2D eigenvalue weighted by Crippen LogP contribution is 2.40. The molecule has 3 aromatic rings. The normalized spacial score (nSPS) is 15.2. The van der Waals surface area contributed by atoms with Crippen LogP contribution in [0.15, 0.2) is 59.5 Å². The Bertz CT molecular complexity index is 1510. The van der Waals surface area contributed by atoms with E-state index in [1.54, 1.807) is 36.4 Å². The Balaban J connectivity index is 1.26. The van der Waals surface area contributed by atoms with Crippen LogP contribution in [0, 0.1) is 6.92 Å². The molecule has 3 amide bonds. The van der Waals surface area contributed by atoms with Gasteiger partial charge in [-0.2, -0.15) is 0 Å². The van der Waals surface area contributed by atoms with Crippen molar-refractivity contribution in [2.75, 3.05) is 25.8 Å². The predicted octanol–water partition coefficient (Wildman–Crippen LogP) is 5.64. The van der Waals surface area contributed by atoms with Crippen LogP contribution in [0.4, 0.5) is 10.5 Å². The van der Waals surface area contributed by atoms with Crippen molar-refractivity contribution in [2.45, 2.75) is 13.5 Å². The number of fused-ring (bicyclic) bond motifs is 1. The van der Waals surface area contributed by atoms with Gasteiger partial charge >= 0.3 is 0 Å². The van der Waals surface area contributed by atoms with Crippen LogP contribution in [0.25, 0.3) is 6.08 Å². The molecule has 0 spiro atoms. The third-order valence-electron chi connectivity index (χ3n) is 6.01. The average molecular weight is 567 g/mol. The maximum Gasteiger partial charge on any atom is 0.293 e. The van der Waals surface area contributed by atoms with Crippen LogP contribution in [0.1, 0.15) is 16.7 Å². The van der Waals surface area contributed by atoms with E-state index in [4.69, 9.17) is 30.5 Å². The van der Waals surface area contributed by atoms with Crippen LogP contribution in [0.2, 0.25) is 5.02 Å². The second-order valence-electron chi connectivity index (χ2n) is 8.63. The fraction of sp³-hybridized carbons (Fsp3) is 0.179. The largest absolute Gasteiger partial charge is 0.493 e. The molecule has 0 radical (unpaired) electrons. The summed E-state index contributed by atoms with van der Waals surface area (Å²) in [5.74, 6) is 1.02. The van der Waals surface area contributed by atoms with E-state index in [9.17, 15) is 14.4 Å². The van der Waals surface area contributed by atoms with Crippen LogP contribution >= 0.6 is 23.4 Å². The molecule has 1 saturated heterocycles. The fourth-order valence-electron chi connectivity index (χ4n) is 3.97. The van der Waals surface area contributed by atoms with Gasteiger partial charge in [0.15, 0.2) is 29.6 Å². The number of ether oxygens (including phenoxy) is 4. The van der Waals surface area contributed by atoms with Gasteiger partial charge in [-0.05, 0) is 65.7 Å². The lowest BCUT2D eigenvalue weighted by molar-refractivity contribution is -0.123. The summed E-state index contributed by atoms with van der Waals surface area (Å²) >= 11 is 7.17. The maximum atomic E-state index is 13.1. The van der Waals surface area contributed by atoms with E-state index in [-0.39, 0.29) is 30.8 Å². The highest BCUT2D eigenvalue weighted by atomic mass is 35.5. The quantitative estimate of drug-likeness (QED) is 0.349. The van der Waals surface area contributed by atoms with E-state index >= 15 is 0 Å². The molecule has 39 heavy (non-hydrogen) atoms. The molecule has 2 aliphatic rings. The van der Waals surface area contributed by atoms with Gasteiger partial charge in [-0.25, -0.2) is 0 Å². The third kappa shape index (κ3) is 5.81. The van der Waals surface area contributed by atoms with Gasteiger partial charge in [0.05, 0.1) is 18.6 Å². The number of hydrogen-bond acceptors (Lipinski definition) is 8. The Hall–Kier alpha value is -4.15. The van der Waals surface area contributed by atoms with Crippen molar-refractivity contribution >= 4 is 52.2 Å². The first-order valence-corrected chi connectivity index (χ1v) is 13.0. The van der Waals surface area contributed by atoms with Crippen LogP contribution in [0.5, 0.6) is 23.0 Å². The molecular weight excluding hydrogens is 544 g/mol. The summed E-state index contributed by atoms with van der Waals surface area (Å²) in [6.07, 6.45) is 1.60. The lowest BCUT2D eigenvalue weighted by Gasteiger charge is -2.14. The molecule has 9 nitrogen and oxygen atoms in total. The van der Waals surface area contributed by atoms with E-state index in [0.29, 0.717) is 44.8 Å². The van der Waals surface area contributed by atoms with Gasteiger partial charge in [0.25, 0.3) is 17.1 Å². The Morgan fingerprint density at radius 1 is 1.10 bits per heavy atom. The van der Waals surface area contributed by atoms with E-state index < -0.39 is 11.1 Å². The smallest absolute Gasteiger partial charge is 0.293 e. The summed E-state index contributed by atoms with van der Waals surface area (Å²) in [5, 5.41) is 2.77. The van der Waals surface area contributed by atoms with E-state index in [2.05, 4.69) is 5.32 Å². The number of carbonyl (C=O) groups is 3. The highest BCUT2D eigenvalue weighted by Gasteiger charge is 2.35. The SMILES string of the molecule is COc1cc(/C=C2\SC(=O)N(Cc3cc4c(cc3Cl)OCO4)C2=O)ccc1OCC(=O)Nc1ccccc1C.